The maximum Gasteiger partial charge on any atom is 0.326 e. The second kappa shape index (κ2) is 6.63. The van der Waals surface area contributed by atoms with Gasteiger partial charge in [0.2, 0.25) is 5.91 Å². The lowest BCUT2D eigenvalue weighted by molar-refractivity contribution is -0.134. The molecule has 0 aromatic heterocycles. The molecule has 0 saturated carbocycles. The third-order valence-electron chi connectivity index (χ3n) is 4.83. The summed E-state index contributed by atoms with van der Waals surface area (Å²) >= 11 is 0. The molecule has 0 spiro atoms. The number of nitrogens with zero attached hydrogens (tertiary/aromatic N) is 1. The summed E-state index contributed by atoms with van der Waals surface area (Å²) in [4.78, 5) is 38.6. The van der Waals surface area contributed by atoms with Gasteiger partial charge in [0.15, 0.2) is 5.54 Å². The van der Waals surface area contributed by atoms with E-state index in [1.165, 1.54) is 7.05 Å². The second-order valence-corrected chi connectivity index (χ2v) is 6.41. The van der Waals surface area contributed by atoms with Crippen molar-refractivity contribution < 1.29 is 14.4 Å². The van der Waals surface area contributed by atoms with E-state index in [9.17, 15) is 14.4 Å². The Morgan fingerprint density at radius 2 is 1.73 bits per heavy atom. The third-order valence-corrected chi connectivity index (χ3v) is 4.83. The van der Waals surface area contributed by atoms with Crippen LogP contribution in [0.2, 0.25) is 0 Å². The van der Waals surface area contributed by atoms with Crippen molar-refractivity contribution >= 4 is 17.8 Å². The van der Waals surface area contributed by atoms with Crippen LogP contribution < -0.4 is 10.6 Å². The molecule has 0 aliphatic carbocycles. The number of hydrogen-bond donors (Lipinski definition) is 2. The minimum Gasteiger partial charge on any atom is -0.358 e. The van der Waals surface area contributed by atoms with Crippen LogP contribution in [-0.2, 0) is 15.1 Å². The van der Waals surface area contributed by atoms with Crippen molar-refractivity contribution in [1.29, 1.82) is 0 Å². The molecule has 1 fully saturated rings. The van der Waals surface area contributed by atoms with Crippen LogP contribution in [0.15, 0.2) is 48.5 Å². The highest BCUT2D eigenvalue weighted by molar-refractivity contribution is 6.11. The molecule has 0 radical (unpaired) electrons. The van der Waals surface area contributed by atoms with Gasteiger partial charge < -0.3 is 10.6 Å². The highest BCUT2D eigenvalue weighted by Crippen LogP contribution is 2.36. The number of amides is 4. The number of aryl methyl sites for hydroxylation is 2. The minimum atomic E-state index is -1.34. The van der Waals surface area contributed by atoms with E-state index < -0.39 is 23.4 Å². The minimum absolute atomic E-state index is 0.319. The van der Waals surface area contributed by atoms with E-state index in [0.717, 1.165) is 16.0 Å². The van der Waals surface area contributed by atoms with Crippen LogP contribution in [0.5, 0.6) is 0 Å². The summed E-state index contributed by atoms with van der Waals surface area (Å²) in [5.74, 6) is -0.863. The fraction of sp³-hybridized carbons (Fsp3) is 0.250. The summed E-state index contributed by atoms with van der Waals surface area (Å²) in [6.07, 6.45) is 0. The molecule has 134 valence electrons. The number of carbonyl (C=O) groups excluding carboxylic acids is 3. The molecule has 6 heteroatoms. The van der Waals surface area contributed by atoms with Gasteiger partial charge in [-0.1, -0.05) is 48.5 Å². The zero-order valence-corrected chi connectivity index (χ0v) is 15.0. The van der Waals surface area contributed by atoms with Gasteiger partial charge in [-0.3, -0.25) is 14.5 Å². The van der Waals surface area contributed by atoms with Gasteiger partial charge in [-0.2, -0.15) is 0 Å². The first-order chi connectivity index (χ1) is 12.4. The van der Waals surface area contributed by atoms with Gasteiger partial charge in [0.05, 0.1) is 0 Å². The lowest BCUT2D eigenvalue weighted by atomic mass is 9.81. The molecule has 0 bridgehead atoms. The number of imide groups is 1. The van der Waals surface area contributed by atoms with Gasteiger partial charge in [0, 0.05) is 7.05 Å². The van der Waals surface area contributed by atoms with Crippen LogP contribution in [0.4, 0.5) is 4.79 Å². The highest BCUT2D eigenvalue weighted by Gasteiger charge is 2.54. The third kappa shape index (κ3) is 2.73. The monoisotopic (exact) mass is 351 g/mol. The molecule has 1 aliphatic heterocycles. The molecule has 1 saturated heterocycles. The number of hydrogen-bond acceptors (Lipinski definition) is 3. The molecule has 4 amide bonds. The topological polar surface area (TPSA) is 78.5 Å². The Labute approximate surface area is 152 Å². The lowest BCUT2D eigenvalue weighted by Crippen LogP contribution is -2.46. The van der Waals surface area contributed by atoms with Gasteiger partial charge in [-0.05, 0) is 36.1 Å². The normalized spacial score (nSPS) is 19.4. The average Bonchev–Trinajstić information content (AvgIpc) is 2.90. The summed E-state index contributed by atoms with van der Waals surface area (Å²) in [7, 11) is 1.47. The Kier molecular flexibility index (Phi) is 4.50. The summed E-state index contributed by atoms with van der Waals surface area (Å²) in [5, 5.41) is 5.28. The van der Waals surface area contributed by atoms with E-state index in [1.54, 1.807) is 12.1 Å². The number of likely N-dealkylation sites (N-methyl/N-ethyl adjacent to an activating group) is 1. The van der Waals surface area contributed by atoms with Crippen molar-refractivity contribution in [3.63, 3.8) is 0 Å². The Hall–Kier alpha value is -3.15. The van der Waals surface area contributed by atoms with Crippen LogP contribution in [0.25, 0.3) is 0 Å². The zero-order valence-electron chi connectivity index (χ0n) is 15.0. The molecule has 3 rings (SSSR count). The first kappa shape index (κ1) is 17.7. The number of urea groups is 1. The molecule has 1 heterocycles. The van der Waals surface area contributed by atoms with Crippen molar-refractivity contribution in [2.24, 2.45) is 0 Å². The van der Waals surface area contributed by atoms with Gasteiger partial charge in [-0.25, -0.2) is 4.79 Å². The smallest absolute Gasteiger partial charge is 0.326 e. The standard InChI is InChI=1S/C20H21N3O3/c1-13-9-10-16(11-14(13)2)20(15-7-5-4-6-8-15)18(25)23(19(26)22-20)12-17(24)21-3/h4-11H,12H2,1-3H3,(H,21,24)(H,22,26)/t20-/m1/s1. The van der Waals surface area contributed by atoms with Gasteiger partial charge in [0.1, 0.15) is 6.54 Å². The number of rotatable bonds is 4. The van der Waals surface area contributed by atoms with E-state index >= 15 is 0 Å². The summed E-state index contributed by atoms with van der Waals surface area (Å²) in [5.41, 5.74) is 2.09. The summed E-state index contributed by atoms with van der Waals surface area (Å²) in [6.45, 7) is 3.63. The maximum absolute atomic E-state index is 13.3. The molecule has 1 aliphatic rings. The van der Waals surface area contributed by atoms with Crippen LogP contribution in [0, 0.1) is 13.8 Å². The first-order valence-electron chi connectivity index (χ1n) is 8.38. The Balaban J connectivity index is 2.17. The van der Waals surface area contributed by atoms with Gasteiger partial charge in [-0.15, -0.1) is 0 Å². The van der Waals surface area contributed by atoms with Crippen molar-refractivity contribution in [3.8, 4) is 0 Å². The largest absolute Gasteiger partial charge is 0.358 e. The number of nitrogens with one attached hydrogen (secondary N) is 2. The predicted molar refractivity (Wildman–Crippen MR) is 97.4 cm³/mol. The quantitative estimate of drug-likeness (QED) is 0.825. The zero-order chi connectivity index (χ0) is 18.9. The van der Waals surface area contributed by atoms with Crippen molar-refractivity contribution in [3.05, 3.63) is 70.8 Å². The molecular weight excluding hydrogens is 330 g/mol. The van der Waals surface area contributed by atoms with Gasteiger partial charge >= 0.3 is 6.03 Å². The van der Waals surface area contributed by atoms with E-state index in [-0.39, 0.29) is 6.54 Å². The van der Waals surface area contributed by atoms with E-state index in [2.05, 4.69) is 10.6 Å². The maximum atomic E-state index is 13.3. The molecule has 6 nitrogen and oxygen atoms in total. The van der Waals surface area contributed by atoms with Crippen LogP contribution in [0.1, 0.15) is 22.3 Å². The summed E-state index contributed by atoms with van der Waals surface area (Å²) in [6, 6.07) is 14.2. The van der Waals surface area contributed by atoms with E-state index in [1.807, 2.05) is 50.2 Å². The first-order valence-corrected chi connectivity index (χ1v) is 8.38. The van der Waals surface area contributed by atoms with Crippen LogP contribution >= 0.6 is 0 Å². The molecule has 26 heavy (non-hydrogen) atoms. The van der Waals surface area contributed by atoms with Crippen molar-refractivity contribution in [1.82, 2.24) is 15.5 Å². The molecule has 1 atom stereocenters. The second-order valence-electron chi connectivity index (χ2n) is 6.41. The van der Waals surface area contributed by atoms with E-state index in [0.29, 0.717) is 11.1 Å². The van der Waals surface area contributed by atoms with Crippen LogP contribution in [-0.4, -0.2) is 36.3 Å². The molecule has 2 aromatic carbocycles. The Bertz CT molecular complexity index is 879. The highest BCUT2D eigenvalue weighted by atomic mass is 16.2. The molecule has 2 N–H and O–H groups in total. The molecule has 2 aromatic rings. The fourth-order valence-electron chi connectivity index (χ4n) is 3.16. The van der Waals surface area contributed by atoms with Gasteiger partial charge in [0.25, 0.3) is 5.91 Å². The van der Waals surface area contributed by atoms with Crippen molar-refractivity contribution in [2.75, 3.05) is 13.6 Å². The Morgan fingerprint density at radius 3 is 2.35 bits per heavy atom. The summed E-state index contributed by atoms with van der Waals surface area (Å²) < 4.78 is 0. The molecule has 0 unspecified atom stereocenters. The Morgan fingerprint density at radius 1 is 1.04 bits per heavy atom. The van der Waals surface area contributed by atoms with Crippen molar-refractivity contribution in [2.45, 2.75) is 19.4 Å². The van der Waals surface area contributed by atoms with E-state index in [4.69, 9.17) is 0 Å². The number of benzene rings is 2. The average molecular weight is 351 g/mol. The fourth-order valence-corrected chi connectivity index (χ4v) is 3.16. The van der Waals surface area contributed by atoms with Crippen LogP contribution in [0.3, 0.4) is 0 Å². The predicted octanol–water partition coefficient (Wildman–Crippen LogP) is 1.84. The lowest BCUT2D eigenvalue weighted by Gasteiger charge is -2.28. The molecular formula is C20H21N3O3. The number of carbonyl (C=O) groups is 3. The SMILES string of the molecule is CNC(=O)CN1C(=O)N[C@](c2ccccc2)(c2ccc(C)c(C)c2)C1=O.